The van der Waals surface area contributed by atoms with Crippen molar-refractivity contribution in [3.05, 3.63) is 65.0 Å². The Labute approximate surface area is 196 Å². The second-order valence-corrected chi connectivity index (χ2v) is 9.04. The summed E-state index contributed by atoms with van der Waals surface area (Å²) in [7, 11) is 1.66. The third kappa shape index (κ3) is 6.47. The number of methoxy groups -OCH3 is 1. The Balaban J connectivity index is 1.32. The highest BCUT2D eigenvalue weighted by molar-refractivity contribution is 7.15. The third-order valence-corrected chi connectivity index (χ3v) is 6.23. The van der Waals surface area contributed by atoms with E-state index in [1.807, 2.05) is 18.2 Å². The molecule has 0 radical (unpaired) electrons. The summed E-state index contributed by atoms with van der Waals surface area (Å²) in [5.74, 6) is 0.0902. The quantitative estimate of drug-likeness (QED) is 0.301. The highest BCUT2D eigenvalue weighted by Gasteiger charge is 2.43. The molecule has 0 atom stereocenters. The number of anilines is 3. The zero-order valence-corrected chi connectivity index (χ0v) is 19.2. The number of nitrogens with one attached hydrogen (secondary N) is 4. The SMILES string of the molecule is COCCNCC1(NC(=O)c2ccc(F)c(NCc3cnc(Nc4ccccn4)s3)c2)CC1. The molecule has 174 valence electrons. The van der Waals surface area contributed by atoms with Gasteiger partial charge < -0.3 is 26.0 Å². The second-order valence-electron chi connectivity index (χ2n) is 7.92. The van der Waals surface area contributed by atoms with Crippen LogP contribution in [-0.4, -0.2) is 48.2 Å². The molecule has 1 aliphatic rings. The molecule has 2 aromatic heterocycles. The van der Waals surface area contributed by atoms with Gasteiger partial charge in [0.05, 0.1) is 24.4 Å². The normalized spacial score (nSPS) is 14.0. The van der Waals surface area contributed by atoms with E-state index in [1.165, 1.54) is 23.5 Å². The summed E-state index contributed by atoms with van der Waals surface area (Å²) in [6.07, 6.45) is 5.27. The lowest BCUT2D eigenvalue weighted by atomic mass is 10.1. The minimum atomic E-state index is -0.412. The summed E-state index contributed by atoms with van der Waals surface area (Å²) >= 11 is 1.45. The van der Waals surface area contributed by atoms with Crippen LogP contribution in [0.5, 0.6) is 0 Å². The molecule has 4 rings (SSSR count). The number of carbonyl (C=O) groups is 1. The summed E-state index contributed by atoms with van der Waals surface area (Å²) in [4.78, 5) is 22.2. The van der Waals surface area contributed by atoms with Gasteiger partial charge in [-0.25, -0.2) is 14.4 Å². The van der Waals surface area contributed by atoms with Gasteiger partial charge >= 0.3 is 0 Å². The minimum absolute atomic E-state index is 0.205. The Morgan fingerprint density at radius 3 is 2.88 bits per heavy atom. The lowest BCUT2D eigenvalue weighted by Crippen LogP contribution is -2.44. The highest BCUT2D eigenvalue weighted by Crippen LogP contribution is 2.35. The summed E-state index contributed by atoms with van der Waals surface area (Å²) in [5.41, 5.74) is 0.467. The average Bonchev–Trinajstić information content (AvgIpc) is 3.44. The lowest BCUT2D eigenvalue weighted by molar-refractivity contribution is 0.0930. The molecule has 2 heterocycles. The van der Waals surface area contributed by atoms with E-state index < -0.39 is 5.82 Å². The number of thiazole rings is 1. The molecule has 33 heavy (non-hydrogen) atoms. The van der Waals surface area contributed by atoms with Crippen molar-refractivity contribution in [3.8, 4) is 0 Å². The van der Waals surface area contributed by atoms with E-state index in [2.05, 4.69) is 31.2 Å². The van der Waals surface area contributed by atoms with Crippen molar-refractivity contribution in [2.45, 2.75) is 24.9 Å². The zero-order valence-electron chi connectivity index (χ0n) is 18.4. The van der Waals surface area contributed by atoms with E-state index in [-0.39, 0.29) is 17.1 Å². The number of ether oxygens (including phenoxy) is 1. The van der Waals surface area contributed by atoms with Crippen molar-refractivity contribution in [1.29, 1.82) is 0 Å². The molecule has 1 aliphatic carbocycles. The maximum atomic E-state index is 14.4. The number of benzene rings is 1. The number of nitrogens with zero attached hydrogens (tertiary/aromatic N) is 2. The molecule has 1 fully saturated rings. The fourth-order valence-electron chi connectivity index (χ4n) is 3.29. The summed E-state index contributed by atoms with van der Waals surface area (Å²) < 4.78 is 19.4. The maximum absolute atomic E-state index is 14.4. The third-order valence-electron chi connectivity index (χ3n) is 5.31. The van der Waals surface area contributed by atoms with Gasteiger partial charge in [0.25, 0.3) is 5.91 Å². The van der Waals surface area contributed by atoms with Crippen LogP contribution in [0.2, 0.25) is 0 Å². The Hall–Kier alpha value is -3.08. The van der Waals surface area contributed by atoms with Gasteiger partial charge in [-0.1, -0.05) is 17.4 Å². The van der Waals surface area contributed by atoms with E-state index in [0.29, 0.717) is 36.2 Å². The van der Waals surface area contributed by atoms with Crippen LogP contribution in [0.4, 0.5) is 21.0 Å². The van der Waals surface area contributed by atoms with E-state index >= 15 is 0 Å². The first-order valence-electron chi connectivity index (χ1n) is 10.8. The van der Waals surface area contributed by atoms with Crippen molar-refractivity contribution in [2.75, 3.05) is 37.4 Å². The van der Waals surface area contributed by atoms with E-state index in [0.717, 1.165) is 24.3 Å². The molecule has 0 spiro atoms. The Morgan fingerprint density at radius 1 is 1.24 bits per heavy atom. The molecule has 1 aromatic carbocycles. The molecule has 0 bridgehead atoms. The highest BCUT2D eigenvalue weighted by atomic mass is 32.1. The predicted molar refractivity (Wildman–Crippen MR) is 128 cm³/mol. The van der Waals surface area contributed by atoms with E-state index in [4.69, 9.17) is 4.74 Å². The van der Waals surface area contributed by atoms with Gasteiger partial charge in [-0.05, 0) is 43.2 Å². The molecule has 0 aliphatic heterocycles. The first-order valence-corrected chi connectivity index (χ1v) is 11.6. The number of rotatable bonds is 12. The van der Waals surface area contributed by atoms with E-state index in [9.17, 15) is 9.18 Å². The van der Waals surface area contributed by atoms with Crippen molar-refractivity contribution in [3.63, 3.8) is 0 Å². The van der Waals surface area contributed by atoms with Gasteiger partial charge in [0.2, 0.25) is 0 Å². The number of pyridine rings is 1. The summed E-state index contributed by atoms with van der Waals surface area (Å²) in [6.45, 7) is 2.43. The number of halogens is 1. The average molecular weight is 471 g/mol. The summed E-state index contributed by atoms with van der Waals surface area (Å²) in [5, 5.41) is 13.3. The van der Waals surface area contributed by atoms with Crippen LogP contribution >= 0.6 is 11.3 Å². The van der Waals surface area contributed by atoms with Crippen LogP contribution in [0, 0.1) is 5.82 Å². The topological polar surface area (TPSA) is 100 Å². The van der Waals surface area contributed by atoms with Gasteiger partial charge in [-0.15, -0.1) is 0 Å². The molecule has 4 N–H and O–H groups in total. The van der Waals surface area contributed by atoms with Crippen LogP contribution < -0.4 is 21.3 Å². The van der Waals surface area contributed by atoms with Crippen molar-refractivity contribution >= 4 is 33.9 Å². The lowest BCUT2D eigenvalue weighted by Gasteiger charge is -2.18. The molecule has 1 saturated carbocycles. The molecule has 3 aromatic rings. The first kappa shape index (κ1) is 23.1. The predicted octanol–water partition coefficient (Wildman–Crippen LogP) is 3.53. The van der Waals surface area contributed by atoms with Gasteiger partial charge in [0.15, 0.2) is 5.13 Å². The smallest absolute Gasteiger partial charge is 0.251 e. The Kier molecular flexibility index (Phi) is 7.48. The fraction of sp³-hybridized carbons (Fsp3) is 0.348. The molecular weight excluding hydrogens is 443 g/mol. The minimum Gasteiger partial charge on any atom is -0.383 e. The van der Waals surface area contributed by atoms with Gasteiger partial charge in [0, 0.05) is 43.0 Å². The van der Waals surface area contributed by atoms with E-state index in [1.54, 1.807) is 25.6 Å². The van der Waals surface area contributed by atoms with Crippen molar-refractivity contribution < 1.29 is 13.9 Å². The molecule has 10 heteroatoms. The number of carbonyl (C=O) groups excluding carboxylic acids is 1. The van der Waals surface area contributed by atoms with Crippen LogP contribution in [0.25, 0.3) is 0 Å². The van der Waals surface area contributed by atoms with Gasteiger partial charge in [-0.3, -0.25) is 4.79 Å². The number of amides is 1. The van der Waals surface area contributed by atoms with Crippen LogP contribution in [0.1, 0.15) is 28.1 Å². The standard InChI is InChI=1S/C23H27FN6O2S/c1-32-11-10-25-15-23(7-8-23)30-21(31)16-5-6-18(24)19(12-16)27-13-17-14-28-22(33-17)29-20-4-2-3-9-26-20/h2-6,9,12,14,25,27H,7-8,10-11,13,15H2,1H3,(H,30,31)(H,26,28,29). The molecule has 8 nitrogen and oxygen atoms in total. The van der Waals surface area contributed by atoms with Crippen LogP contribution in [0.15, 0.2) is 48.8 Å². The first-order chi connectivity index (χ1) is 16.1. The van der Waals surface area contributed by atoms with Crippen molar-refractivity contribution in [2.24, 2.45) is 0 Å². The number of hydrogen-bond acceptors (Lipinski definition) is 8. The van der Waals surface area contributed by atoms with Gasteiger partial charge in [-0.2, -0.15) is 0 Å². The second kappa shape index (κ2) is 10.7. The maximum Gasteiger partial charge on any atom is 0.251 e. The number of hydrogen-bond donors (Lipinski definition) is 4. The zero-order chi connectivity index (χ0) is 23.1. The Morgan fingerprint density at radius 2 is 2.12 bits per heavy atom. The fourth-order valence-corrected chi connectivity index (χ4v) is 4.05. The monoisotopic (exact) mass is 470 g/mol. The van der Waals surface area contributed by atoms with Gasteiger partial charge in [0.1, 0.15) is 11.6 Å². The molecule has 0 saturated heterocycles. The van der Waals surface area contributed by atoms with Crippen molar-refractivity contribution in [1.82, 2.24) is 20.6 Å². The number of aromatic nitrogens is 2. The van der Waals surface area contributed by atoms with Crippen LogP contribution in [0.3, 0.4) is 0 Å². The molecule has 1 amide bonds. The largest absolute Gasteiger partial charge is 0.383 e. The van der Waals surface area contributed by atoms with Crippen LogP contribution in [-0.2, 0) is 11.3 Å². The molecular formula is C23H27FN6O2S. The Bertz CT molecular complexity index is 1070. The molecule has 0 unspecified atom stereocenters. The summed E-state index contributed by atoms with van der Waals surface area (Å²) in [6, 6.07) is 9.95.